The van der Waals surface area contributed by atoms with Crippen LogP contribution >= 0.6 is 11.3 Å². The summed E-state index contributed by atoms with van der Waals surface area (Å²) in [6, 6.07) is 1.54. The van der Waals surface area contributed by atoms with Crippen molar-refractivity contribution in [2.75, 3.05) is 6.54 Å². The second kappa shape index (κ2) is 7.78. The lowest BCUT2D eigenvalue weighted by atomic mass is 10.0. The van der Waals surface area contributed by atoms with Crippen LogP contribution in [0.4, 0.5) is 4.79 Å². The van der Waals surface area contributed by atoms with Crippen LogP contribution in [0.5, 0.6) is 0 Å². The fourth-order valence-corrected chi connectivity index (χ4v) is 2.48. The van der Waals surface area contributed by atoms with E-state index in [1.54, 1.807) is 11.3 Å². The number of carboxylic acids is 1. The molecule has 5 nitrogen and oxygen atoms in total. The lowest BCUT2D eigenvalue weighted by Gasteiger charge is -2.16. The van der Waals surface area contributed by atoms with Gasteiger partial charge in [0.05, 0.1) is 12.0 Å². The molecule has 0 saturated heterocycles. The third-order valence-electron chi connectivity index (χ3n) is 2.89. The van der Waals surface area contributed by atoms with E-state index in [4.69, 9.17) is 5.11 Å². The summed E-state index contributed by atoms with van der Waals surface area (Å²) in [5, 5.41) is 18.3. The third-order valence-corrected chi connectivity index (χ3v) is 3.59. The fraction of sp³-hybridized carbons (Fsp3) is 0.538. The van der Waals surface area contributed by atoms with Gasteiger partial charge >= 0.3 is 12.0 Å². The summed E-state index contributed by atoms with van der Waals surface area (Å²) in [6.07, 6.45) is 1.35. The minimum atomic E-state index is -0.868. The van der Waals surface area contributed by atoms with Crippen LogP contribution in [0, 0.1) is 5.92 Å². The number of carbonyl (C=O) groups is 2. The zero-order valence-electron chi connectivity index (χ0n) is 11.2. The average molecular weight is 284 g/mol. The first-order chi connectivity index (χ1) is 9.04. The van der Waals surface area contributed by atoms with Gasteiger partial charge in [0.2, 0.25) is 0 Å². The molecule has 0 fully saturated rings. The van der Waals surface area contributed by atoms with Crippen molar-refractivity contribution in [1.29, 1.82) is 0 Å². The standard InChI is InChI=1S/C13H20N2O3S/c1-3-4-10(12(16)17)7-14-13(18)15-9(2)11-5-6-19-8-11/h5-6,8-10H,3-4,7H2,1-2H3,(H,16,17)(H2,14,15,18). The number of nitrogens with one attached hydrogen (secondary N) is 2. The van der Waals surface area contributed by atoms with Crippen LogP contribution in [0.1, 0.15) is 38.3 Å². The summed E-state index contributed by atoms with van der Waals surface area (Å²) in [4.78, 5) is 22.6. The molecule has 3 N–H and O–H groups in total. The Morgan fingerprint density at radius 2 is 2.21 bits per heavy atom. The number of rotatable bonds is 7. The molecule has 0 aliphatic heterocycles. The van der Waals surface area contributed by atoms with E-state index in [0.717, 1.165) is 12.0 Å². The summed E-state index contributed by atoms with van der Waals surface area (Å²) < 4.78 is 0. The Labute approximate surface area is 117 Å². The molecule has 2 atom stereocenters. The maximum absolute atomic E-state index is 11.7. The molecule has 1 aromatic heterocycles. The first-order valence-corrected chi connectivity index (χ1v) is 7.28. The molecule has 106 valence electrons. The molecule has 0 aliphatic carbocycles. The Kier molecular flexibility index (Phi) is 6.35. The topological polar surface area (TPSA) is 78.4 Å². The van der Waals surface area contributed by atoms with Gasteiger partial charge < -0.3 is 15.7 Å². The Morgan fingerprint density at radius 3 is 2.74 bits per heavy atom. The van der Waals surface area contributed by atoms with Crippen molar-refractivity contribution in [3.05, 3.63) is 22.4 Å². The number of carboxylic acid groups (broad SMARTS) is 1. The number of hydrogen-bond donors (Lipinski definition) is 3. The zero-order chi connectivity index (χ0) is 14.3. The molecular weight excluding hydrogens is 264 g/mol. The van der Waals surface area contributed by atoms with Crippen molar-refractivity contribution in [2.24, 2.45) is 5.92 Å². The van der Waals surface area contributed by atoms with Crippen LogP contribution in [0.15, 0.2) is 16.8 Å². The largest absolute Gasteiger partial charge is 0.481 e. The van der Waals surface area contributed by atoms with Crippen LogP contribution in [-0.4, -0.2) is 23.7 Å². The highest BCUT2D eigenvalue weighted by Crippen LogP contribution is 2.15. The van der Waals surface area contributed by atoms with E-state index in [2.05, 4.69) is 10.6 Å². The molecular formula is C13H20N2O3S. The second-order valence-corrected chi connectivity index (χ2v) is 5.24. The minimum absolute atomic E-state index is 0.0827. The summed E-state index contributed by atoms with van der Waals surface area (Å²) in [5.74, 6) is -1.39. The number of carbonyl (C=O) groups excluding carboxylic acids is 1. The normalized spacial score (nSPS) is 13.6. The van der Waals surface area contributed by atoms with Gasteiger partial charge in [-0.2, -0.15) is 11.3 Å². The quantitative estimate of drug-likeness (QED) is 0.720. The summed E-state index contributed by atoms with van der Waals surface area (Å²) in [6.45, 7) is 3.97. The number of aliphatic carboxylic acids is 1. The van der Waals surface area contributed by atoms with Crippen molar-refractivity contribution in [1.82, 2.24) is 10.6 Å². The van der Waals surface area contributed by atoms with Gasteiger partial charge in [-0.1, -0.05) is 13.3 Å². The molecule has 19 heavy (non-hydrogen) atoms. The van der Waals surface area contributed by atoms with Crippen LogP contribution < -0.4 is 10.6 Å². The molecule has 0 spiro atoms. The number of urea groups is 1. The first-order valence-electron chi connectivity index (χ1n) is 6.33. The van der Waals surface area contributed by atoms with Crippen LogP contribution in [0.2, 0.25) is 0 Å². The highest BCUT2D eigenvalue weighted by molar-refractivity contribution is 7.07. The van der Waals surface area contributed by atoms with Gasteiger partial charge in [-0.25, -0.2) is 4.79 Å². The minimum Gasteiger partial charge on any atom is -0.481 e. The SMILES string of the molecule is CCCC(CNC(=O)NC(C)c1ccsc1)C(=O)O. The number of amides is 2. The van der Waals surface area contributed by atoms with Gasteiger partial charge in [-0.15, -0.1) is 0 Å². The second-order valence-electron chi connectivity index (χ2n) is 4.46. The molecule has 1 aromatic rings. The van der Waals surface area contributed by atoms with Gasteiger partial charge in [0.1, 0.15) is 0 Å². The van der Waals surface area contributed by atoms with E-state index in [0.29, 0.717) is 6.42 Å². The highest BCUT2D eigenvalue weighted by Gasteiger charge is 2.17. The van der Waals surface area contributed by atoms with Crippen molar-refractivity contribution in [3.63, 3.8) is 0 Å². The summed E-state index contributed by atoms with van der Waals surface area (Å²) >= 11 is 1.57. The van der Waals surface area contributed by atoms with Crippen LogP contribution in [0.25, 0.3) is 0 Å². The molecule has 0 aromatic carbocycles. The lowest BCUT2D eigenvalue weighted by molar-refractivity contribution is -0.141. The summed E-state index contributed by atoms with van der Waals surface area (Å²) in [7, 11) is 0. The number of thiophene rings is 1. The molecule has 1 rings (SSSR count). The Balaban J connectivity index is 2.36. The predicted octanol–water partition coefficient (Wildman–Crippen LogP) is 2.61. The predicted molar refractivity (Wildman–Crippen MR) is 75.3 cm³/mol. The van der Waals surface area contributed by atoms with Crippen LogP contribution in [0.3, 0.4) is 0 Å². The molecule has 0 saturated carbocycles. The average Bonchev–Trinajstić information content (AvgIpc) is 2.87. The Morgan fingerprint density at radius 1 is 1.47 bits per heavy atom. The first kappa shape index (κ1) is 15.5. The maximum atomic E-state index is 11.7. The maximum Gasteiger partial charge on any atom is 0.315 e. The molecule has 1 heterocycles. The van der Waals surface area contributed by atoms with Gasteiger partial charge in [-0.3, -0.25) is 4.79 Å². The van der Waals surface area contributed by atoms with Gasteiger partial charge in [0.25, 0.3) is 0 Å². The lowest BCUT2D eigenvalue weighted by Crippen LogP contribution is -2.40. The van der Waals surface area contributed by atoms with E-state index in [1.165, 1.54) is 0 Å². The van der Waals surface area contributed by atoms with Gasteiger partial charge in [-0.05, 0) is 35.7 Å². The molecule has 2 unspecified atom stereocenters. The third kappa shape index (κ3) is 5.30. The van der Waals surface area contributed by atoms with E-state index >= 15 is 0 Å². The Bertz CT molecular complexity index is 406. The van der Waals surface area contributed by atoms with Gasteiger partial charge in [0, 0.05) is 6.54 Å². The molecule has 0 aliphatic rings. The number of hydrogen-bond acceptors (Lipinski definition) is 3. The van der Waals surface area contributed by atoms with Crippen molar-refractivity contribution >= 4 is 23.3 Å². The Hall–Kier alpha value is -1.56. The molecule has 0 radical (unpaired) electrons. The van der Waals surface area contributed by atoms with E-state index in [-0.39, 0.29) is 18.6 Å². The van der Waals surface area contributed by atoms with Crippen molar-refractivity contribution in [3.8, 4) is 0 Å². The molecule has 2 amide bonds. The molecule has 0 bridgehead atoms. The molecule has 6 heteroatoms. The summed E-state index contributed by atoms with van der Waals surface area (Å²) in [5.41, 5.74) is 1.04. The zero-order valence-corrected chi connectivity index (χ0v) is 12.0. The fourth-order valence-electron chi connectivity index (χ4n) is 1.73. The van der Waals surface area contributed by atoms with Crippen molar-refractivity contribution in [2.45, 2.75) is 32.7 Å². The highest BCUT2D eigenvalue weighted by atomic mass is 32.1. The van der Waals surface area contributed by atoms with Gasteiger partial charge in [0.15, 0.2) is 0 Å². The smallest absolute Gasteiger partial charge is 0.315 e. The van der Waals surface area contributed by atoms with E-state index in [1.807, 2.05) is 30.7 Å². The van der Waals surface area contributed by atoms with E-state index in [9.17, 15) is 9.59 Å². The van der Waals surface area contributed by atoms with Crippen molar-refractivity contribution < 1.29 is 14.7 Å². The van der Waals surface area contributed by atoms with Crippen LogP contribution in [-0.2, 0) is 4.79 Å². The van der Waals surface area contributed by atoms with E-state index < -0.39 is 11.9 Å². The monoisotopic (exact) mass is 284 g/mol.